The molecule has 2 aromatic rings. The summed E-state index contributed by atoms with van der Waals surface area (Å²) in [7, 11) is 3.12. The monoisotopic (exact) mass is 400 g/mol. The Balaban J connectivity index is 2.18. The van der Waals surface area contributed by atoms with Gasteiger partial charge in [0.1, 0.15) is 11.8 Å². The first-order valence-electron chi connectivity index (χ1n) is 9.46. The summed E-state index contributed by atoms with van der Waals surface area (Å²) in [6, 6.07) is 13.8. The summed E-state index contributed by atoms with van der Waals surface area (Å²) in [5, 5.41) is 2.76. The minimum atomic E-state index is -0.657. The first-order chi connectivity index (χ1) is 14.0. The quantitative estimate of drug-likeness (QED) is 0.663. The molecule has 7 heteroatoms. The maximum Gasteiger partial charge on any atom is 0.261 e. The SMILES string of the molecule is CCNC(=O)[C@H](C)N(Cc1cccc(OC)c1)C(=O)COc1ccccc1OC. The van der Waals surface area contributed by atoms with E-state index < -0.39 is 6.04 Å². The molecule has 2 aromatic carbocycles. The van der Waals surface area contributed by atoms with Gasteiger partial charge in [-0.15, -0.1) is 0 Å². The van der Waals surface area contributed by atoms with E-state index >= 15 is 0 Å². The highest BCUT2D eigenvalue weighted by Crippen LogP contribution is 2.26. The lowest BCUT2D eigenvalue weighted by atomic mass is 10.1. The molecule has 0 spiro atoms. The van der Waals surface area contributed by atoms with Crippen LogP contribution in [0.15, 0.2) is 48.5 Å². The van der Waals surface area contributed by atoms with Crippen molar-refractivity contribution in [3.05, 3.63) is 54.1 Å². The molecule has 1 atom stereocenters. The predicted molar refractivity (Wildman–Crippen MR) is 110 cm³/mol. The Morgan fingerprint density at radius 3 is 2.41 bits per heavy atom. The Labute approximate surface area is 171 Å². The molecule has 0 heterocycles. The number of likely N-dealkylation sites (N-methyl/N-ethyl adjacent to an activating group) is 1. The number of nitrogens with one attached hydrogen (secondary N) is 1. The summed E-state index contributed by atoms with van der Waals surface area (Å²) in [5.74, 6) is 1.16. The Morgan fingerprint density at radius 2 is 1.76 bits per heavy atom. The van der Waals surface area contributed by atoms with Crippen LogP contribution in [0.2, 0.25) is 0 Å². The molecule has 0 aliphatic heterocycles. The lowest BCUT2D eigenvalue weighted by Crippen LogP contribution is -2.49. The summed E-state index contributed by atoms with van der Waals surface area (Å²) >= 11 is 0. The molecule has 0 radical (unpaired) electrons. The second-order valence-corrected chi connectivity index (χ2v) is 6.38. The van der Waals surface area contributed by atoms with E-state index in [0.29, 0.717) is 23.8 Å². The standard InChI is InChI=1S/C22H28N2O5/c1-5-23-22(26)16(2)24(14-17-9-8-10-18(13-17)27-3)21(25)15-29-20-12-7-6-11-19(20)28-4/h6-13,16H,5,14-15H2,1-4H3,(H,23,26)/t16-/m0/s1. The smallest absolute Gasteiger partial charge is 0.261 e. The zero-order valence-corrected chi connectivity index (χ0v) is 17.3. The van der Waals surface area contributed by atoms with Crippen LogP contribution in [0.25, 0.3) is 0 Å². The molecule has 0 aliphatic carbocycles. The Morgan fingerprint density at radius 1 is 1.03 bits per heavy atom. The number of methoxy groups -OCH3 is 2. The summed E-state index contributed by atoms with van der Waals surface area (Å²) < 4.78 is 16.2. The molecule has 0 saturated heterocycles. The van der Waals surface area contributed by atoms with Gasteiger partial charge >= 0.3 is 0 Å². The van der Waals surface area contributed by atoms with E-state index in [1.807, 2.05) is 37.3 Å². The highest BCUT2D eigenvalue weighted by Gasteiger charge is 2.26. The first kappa shape index (κ1) is 22.1. The van der Waals surface area contributed by atoms with E-state index in [9.17, 15) is 9.59 Å². The second-order valence-electron chi connectivity index (χ2n) is 6.38. The molecule has 0 saturated carbocycles. The van der Waals surface area contributed by atoms with Gasteiger partial charge in [0.2, 0.25) is 5.91 Å². The van der Waals surface area contributed by atoms with Crippen LogP contribution in [0.3, 0.4) is 0 Å². The molecule has 0 unspecified atom stereocenters. The zero-order valence-electron chi connectivity index (χ0n) is 17.3. The molecule has 0 aliphatic rings. The average Bonchev–Trinajstić information content (AvgIpc) is 2.75. The van der Waals surface area contributed by atoms with Crippen LogP contribution < -0.4 is 19.5 Å². The molecule has 0 fully saturated rings. The maximum atomic E-state index is 13.0. The molecule has 7 nitrogen and oxygen atoms in total. The Bertz CT molecular complexity index is 824. The molecule has 0 bridgehead atoms. The van der Waals surface area contributed by atoms with Crippen molar-refractivity contribution in [3.63, 3.8) is 0 Å². The first-order valence-corrected chi connectivity index (χ1v) is 9.46. The van der Waals surface area contributed by atoms with Crippen molar-refractivity contribution in [2.24, 2.45) is 0 Å². The molecule has 156 valence electrons. The van der Waals surface area contributed by atoms with E-state index in [2.05, 4.69) is 5.32 Å². The minimum Gasteiger partial charge on any atom is -0.497 e. The van der Waals surface area contributed by atoms with E-state index in [1.165, 1.54) is 12.0 Å². The average molecular weight is 400 g/mol. The third-order valence-corrected chi connectivity index (χ3v) is 4.43. The number of hydrogen-bond donors (Lipinski definition) is 1. The third-order valence-electron chi connectivity index (χ3n) is 4.43. The fraction of sp³-hybridized carbons (Fsp3) is 0.364. The fourth-order valence-corrected chi connectivity index (χ4v) is 2.83. The van der Waals surface area contributed by atoms with Gasteiger partial charge in [-0.1, -0.05) is 24.3 Å². The number of rotatable bonds is 10. The van der Waals surface area contributed by atoms with Crippen molar-refractivity contribution in [3.8, 4) is 17.2 Å². The summed E-state index contributed by atoms with van der Waals surface area (Å²) in [6.07, 6.45) is 0. The van der Waals surface area contributed by atoms with E-state index in [1.54, 1.807) is 32.2 Å². The van der Waals surface area contributed by atoms with Gasteiger partial charge in [-0.3, -0.25) is 9.59 Å². The van der Waals surface area contributed by atoms with E-state index in [4.69, 9.17) is 14.2 Å². The highest BCUT2D eigenvalue weighted by molar-refractivity contribution is 5.87. The molecule has 29 heavy (non-hydrogen) atoms. The van der Waals surface area contributed by atoms with Crippen LogP contribution in [0.5, 0.6) is 17.2 Å². The van der Waals surface area contributed by atoms with Crippen LogP contribution in [0, 0.1) is 0 Å². The number of carbonyl (C=O) groups is 2. The van der Waals surface area contributed by atoms with Crippen molar-refractivity contribution >= 4 is 11.8 Å². The number of ether oxygens (including phenoxy) is 3. The normalized spacial score (nSPS) is 11.3. The van der Waals surface area contributed by atoms with Gasteiger partial charge in [0.15, 0.2) is 18.1 Å². The lowest BCUT2D eigenvalue weighted by Gasteiger charge is -2.28. The van der Waals surface area contributed by atoms with Crippen LogP contribution in [-0.4, -0.2) is 50.1 Å². The van der Waals surface area contributed by atoms with Crippen LogP contribution in [0.1, 0.15) is 19.4 Å². The number of nitrogens with zero attached hydrogens (tertiary/aromatic N) is 1. The summed E-state index contributed by atoms with van der Waals surface area (Å²) in [5.41, 5.74) is 0.853. The van der Waals surface area contributed by atoms with Gasteiger partial charge in [0.25, 0.3) is 5.91 Å². The number of carbonyl (C=O) groups excluding carboxylic acids is 2. The van der Waals surface area contributed by atoms with Crippen LogP contribution >= 0.6 is 0 Å². The van der Waals surface area contributed by atoms with Crippen molar-refractivity contribution in [2.75, 3.05) is 27.4 Å². The fourth-order valence-electron chi connectivity index (χ4n) is 2.83. The summed E-state index contributed by atoms with van der Waals surface area (Å²) in [4.78, 5) is 26.9. The van der Waals surface area contributed by atoms with Gasteiger partial charge in [-0.25, -0.2) is 0 Å². The number of benzene rings is 2. The van der Waals surface area contributed by atoms with Gasteiger partial charge in [-0.2, -0.15) is 0 Å². The topological polar surface area (TPSA) is 77.1 Å². The van der Waals surface area contributed by atoms with Gasteiger partial charge in [-0.05, 0) is 43.7 Å². The van der Waals surface area contributed by atoms with Gasteiger partial charge < -0.3 is 24.4 Å². The number of para-hydroxylation sites is 2. The maximum absolute atomic E-state index is 13.0. The van der Waals surface area contributed by atoms with E-state index in [0.717, 1.165) is 5.56 Å². The minimum absolute atomic E-state index is 0.214. The van der Waals surface area contributed by atoms with Crippen molar-refractivity contribution in [2.45, 2.75) is 26.4 Å². The molecule has 2 rings (SSSR count). The van der Waals surface area contributed by atoms with E-state index in [-0.39, 0.29) is 25.0 Å². The van der Waals surface area contributed by atoms with Crippen molar-refractivity contribution in [1.82, 2.24) is 10.2 Å². The Kier molecular flexibility index (Phi) is 8.33. The third kappa shape index (κ3) is 6.14. The van der Waals surface area contributed by atoms with Gasteiger partial charge in [0, 0.05) is 13.1 Å². The van der Waals surface area contributed by atoms with Crippen LogP contribution in [0.4, 0.5) is 0 Å². The van der Waals surface area contributed by atoms with Gasteiger partial charge in [0.05, 0.1) is 14.2 Å². The highest BCUT2D eigenvalue weighted by atomic mass is 16.5. The molecule has 1 N–H and O–H groups in total. The second kappa shape index (κ2) is 10.9. The zero-order chi connectivity index (χ0) is 21.2. The number of amides is 2. The molecular formula is C22H28N2O5. The molecular weight excluding hydrogens is 372 g/mol. The number of hydrogen-bond acceptors (Lipinski definition) is 5. The van der Waals surface area contributed by atoms with Crippen molar-refractivity contribution in [1.29, 1.82) is 0 Å². The lowest BCUT2D eigenvalue weighted by molar-refractivity contribution is -0.142. The molecule has 2 amide bonds. The Hall–Kier alpha value is -3.22. The summed E-state index contributed by atoms with van der Waals surface area (Å²) in [6.45, 7) is 4.07. The predicted octanol–water partition coefficient (Wildman–Crippen LogP) is 2.64. The largest absolute Gasteiger partial charge is 0.497 e. The molecule has 0 aromatic heterocycles. The van der Waals surface area contributed by atoms with Crippen LogP contribution in [-0.2, 0) is 16.1 Å². The van der Waals surface area contributed by atoms with Crippen molar-refractivity contribution < 1.29 is 23.8 Å².